The molecule has 22 heavy (non-hydrogen) atoms. The van der Waals surface area contributed by atoms with Gasteiger partial charge in [0.2, 0.25) is 4.77 Å². The van der Waals surface area contributed by atoms with Crippen LogP contribution in [0.15, 0.2) is 0 Å². The van der Waals surface area contributed by atoms with Gasteiger partial charge in [-0.05, 0) is 57.7 Å². The van der Waals surface area contributed by atoms with Crippen molar-refractivity contribution in [2.75, 3.05) is 13.1 Å². The van der Waals surface area contributed by atoms with Crippen molar-refractivity contribution in [1.82, 2.24) is 25.1 Å². The first-order chi connectivity index (χ1) is 10.3. The number of aromatic amines is 1. The van der Waals surface area contributed by atoms with Crippen molar-refractivity contribution in [2.45, 2.75) is 51.7 Å². The van der Waals surface area contributed by atoms with Crippen LogP contribution in [0.5, 0.6) is 0 Å². The summed E-state index contributed by atoms with van der Waals surface area (Å²) in [6.45, 7) is 7.10. The van der Waals surface area contributed by atoms with Gasteiger partial charge in [-0.1, -0.05) is 16.7 Å². The Balaban J connectivity index is 1.78. The molecule has 2 atom stereocenters. The molecule has 1 saturated heterocycles. The number of ether oxygens (including phenoxy) is 1. The Kier molecular flexibility index (Phi) is 3.96. The van der Waals surface area contributed by atoms with Crippen LogP contribution in [0.3, 0.4) is 0 Å². The lowest BCUT2D eigenvalue weighted by molar-refractivity contribution is -0.0151. The Bertz CT molecular complexity index is 591. The monoisotopic (exact) mass is 325 g/mol. The minimum atomic E-state index is -0.459. The van der Waals surface area contributed by atoms with E-state index in [9.17, 15) is 4.79 Å². The van der Waals surface area contributed by atoms with E-state index in [0.717, 1.165) is 12.8 Å². The number of hydrogen-bond donors (Lipinski definition) is 1. The molecule has 2 aliphatic rings. The van der Waals surface area contributed by atoms with Gasteiger partial charge in [0.25, 0.3) is 0 Å². The molecule has 1 aromatic rings. The predicted octanol–water partition coefficient (Wildman–Crippen LogP) is 2.54. The number of carbonyl (C=O) groups excluding carboxylic acids is 1. The molecule has 2 unspecified atom stereocenters. The molecule has 1 saturated carbocycles. The zero-order valence-electron chi connectivity index (χ0n) is 13.3. The van der Waals surface area contributed by atoms with E-state index in [4.69, 9.17) is 17.0 Å². The zero-order chi connectivity index (χ0) is 15.9. The number of fused-ring (bicyclic) bond motifs is 2. The Morgan fingerprint density at radius 1 is 1.32 bits per heavy atom. The molecule has 3 rings (SSSR count). The van der Waals surface area contributed by atoms with Crippen molar-refractivity contribution >= 4 is 18.3 Å². The number of H-pyrrole nitrogens is 1. The SMILES string of the molecule is CC(C)(C)OC(=O)N1CC2CCCC(C1)C2n1[nH]nnc1=S. The highest BCUT2D eigenvalue weighted by Gasteiger charge is 2.43. The van der Waals surface area contributed by atoms with E-state index in [1.54, 1.807) is 0 Å². The van der Waals surface area contributed by atoms with Gasteiger partial charge >= 0.3 is 6.09 Å². The van der Waals surface area contributed by atoms with Crippen LogP contribution in [0, 0.1) is 16.6 Å². The number of nitrogens with zero attached hydrogens (tertiary/aromatic N) is 4. The van der Waals surface area contributed by atoms with Crippen LogP contribution < -0.4 is 0 Å². The molecule has 7 nitrogen and oxygen atoms in total. The summed E-state index contributed by atoms with van der Waals surface area (Å²) in [4.78, 5) is 14.2. The second kappa shape index (κ2) is 5.64. The van der Waals surface area contributed by atoms with Crippen LogP contribution >= 0.6 is 12.2 Å². The number of rotatable bonds is 1. The smallest absolute Gasteiger partial charge is 0.410 e. The standard InChI is InChI=1S/C14H23N5O2S/c1-14(2,3)21-13(20)18-7-9-5-4-6-10(8-18)11(9)19-12(22)15-16-17-19/h9-11H,4-8H2,1-3H3,(H,15,17,22). The van der Waals surface area contributed by atoms with E-state index in [1.165, 1.54) is 6.42 Å². The number of hydrogen-bond acceptors (Lipinski definition) is 5. The lowest BCUT2D eigenvalue weighted by Crippen LogP contribution is -2.52. The molecule has 1 aliphatic carbocycles. The number of amides is 1. The molecule has 0 radical (unpaired) electrons. The molecule has 1 N–H and O–H groups in total. The van der Waals surface area contributed by atoms with Crippen molar-refractivity contribution in [3.63, 3.8) is 0 Å². The molecule has 8 heteroatoms. The average molecular weight is 325 g/mol. The van der Waals surface area contributed by atoms with Crippen molar-refractivity contribution in [3.8, 4) is 0 Å². The minimum Gasteiger partial charge on any atom is -0.444 e. The van der Waals surface area contributed by atoms with Gasteiger partial charge in [0.15, 0.2) is 0 Å². The summed E-state index contributed by atoms with van der Waals surface area (Å²) in [6.07, 6.45) is 3.15. The maximum Gasteiger partial charge on any atom is 0.410 e. The third kappa shape index (κ3) is 3.02. The van der Waals surface area contributed by atoms with E-state index in [0.29, 0.717) is 29.7 Å². The Hall–Kier alpha value is -1.44. The fourth-order valence-electron chi connectivity index (χ4n) is 3.70. The predicted molar refractivity (Wildman–Crippen MR) is 82.9 cm³/mol. The van der Waals surface area contributed by atoms with Gasteiger partial charge in [-0.2, -0.15) is 5.21 Å². The van der Waals surface area contributed by atoms with Gasteiger partial charge < -0.3 is 9.64 Å². The molecule has 2 heterocycles. The van der Waals surface area contributed by atoms with Gasteiger partial charge in [0.1, 0.15) is 5.60 Å². The van der Waals surface area contributed by atoms with Crippen LogP contribution in [-0.2, 0) is 4.74 Å². The van der Waals surface area contributed by atoms with E-state index in [2.05, 4.69) is 15.5 Å². The molecule has 1 aliphatic heterocycles. The highest BCUT2D eigenvalue weighted by atomic mass is 32.1. The van der Waals surface area contributed by atoms with Gasteiger partial charge in [0, 0.05) is 13.1 Å². The van der Waals surface area contributed by atoms with E-state index < -0.39 is 5.60 Å². The quantitative estimate of drug-likeness (QED) is 0.803. The summed E-state index contributed by atoms with van der Waals surface area (Å²) in [5, 5.41) is 10.6. The first-order valence-electron chi connectivity index (χ1n) is 7.82. The Morgan fingerprint density at radius 2 is 1.95 bits per heavy atom. The number of likely N-dealkylation sites (tertiary alicyclic amines) is 1. The summed E-state index contributed by atoms with van der Waals surface area (Å²) in [5.41, 5.74) is -0.459. The fourth-order valence-corrected chi connectivity index (χ4v) is 3.91. The summed E-state index contributed by atoms with van der Waals surface area (Å²) in [5.74, 6) is 0.739. The summed E-state index contributed by atoms with van der Waals surface area (Å²) in [6, 6.07) is 0.259. The summed E-state index contributed by atoms with van der Waals surface area (Å²) in [7, 11) is 0. The topological polar surface area (TPSA) is 76.0 Å². The van der Waals surface area contributed by atoms with Crippen molar-refractivity contribution in [1.29, 1.82) is 0 Å². The van der Waals surface area contributed by atoms with Gasteiger partial charge in [-0.25, -0.2) is 9.48 Å². The maximum absolute atomic E-state index is 12.3. The van der Waals surface area contributed by atoms with Crippen LogP contribution in [0.25, 0.3) is 0 Å². The van der Waals surface area contributed by atoms with Crippen LogP contribution in [-0.4, -0.2) is 49.9 Å². The molecule has 122 valence electrons. The number of carbonyl (C=O) groups is 1. The number of nitrogens with one attached hydrogen (secondary N) is 1. The van der Waals surface area contributed by atoms with E-state index in [-0.39, 0.29) is 12.1 Å². The van der Waals surface area contributed by atoms with Crippen molar-refractivity contribution in [2.24, 2.45) is 11.8 Å². The lowest BCUT2D eigenvalue weighted by Gasteiger charge is -2.47. The second-order valence-electron chi connectivity index (χ2n) is 7.28. The van der Waals surface area contributed by atoms with Gasteiger partial charge in [-0.15, -0.1) is 0 Å². The molecule has 0 aromatic carbocycles. The molecule has 1 amide bonds. The zero-order valence-corrected chi connectivity index (χ0v) is 14.1. The number of aromatic nitrogens is 4. The average Bonchev–Trinajstić information content (AvgIpc) is 2.81. The fraction of sp³-hybridized carbons (Fsp3) is 0.857. The Morgan fingerprint density at radius 3 is 2.45 bits per heavy atom. The van der Waals surface area contributed by atoms with Gasteiger partial charge in [-0.3, -0.25) is 0 Å². The third-order valence-corrected chi connectivity index (χ3v) is 4.75. The number of piperidine rings is 1. The van der Waals surface area contributed by atoms with Crippen LogP contribution in [0.4, 0.5) is 4.79 Å². The molecular formula is C14H23N5O2S. The lowest BCUT2D eigenvalue weighted by atomic mass is 9.73. The minimum absolute atomic E-state index is 0.214. The largest absolute Gasteiger partial charge is 0.444 e. The first-order valence-corrected chi connectivity index (χ1v) is 8.23. The Labute approximate surface area is 135 Å². The molecule has 0 spiro atoms. The van der Waals surface area contributed by atoms with Crippen LogP contribution in [0.2, 0.25) is 0 Å². The molecule has 2 fully saturated rings. The van der Waals surface area contributed by atoms with Gasteiger partial charge in [0.05, 0.1) is 6.04 Å². The highest BCUT2D eigenvalue weighted by molar-refractivity contribution is 7.71. The highest BCUT2D eigenvalue weighted by Crippen LogP contribution is 2.42. The first kappa shape index (κ1) is 15.5. The van der Waals surface area contributed by atoms with E-state index >= 15 is 0 Å². The van der Waals surface area contributed by atoms with Crippen molar-refractivity contribution in [3.05, 3.63) is 4.77 Å². The summed E-state index contributed by atoms with van der Waals surface area (Å²) >= 11 is 5.25. The summed E-state index contributed by atoms with van der Waals surface area (Å²) < 4.78 is 7.91. The van der Waals surface area contributed by atoms with E-state index in [1.807, 2.05) is 30.4 Å². The maximum atomic E-state index is 12.3. The molecular weight excluding hydrogens is 302 g/mol. The molecule has 1 aromatic heterocycles. The third-order valence-electron chi connectivity index (χ3n) is 4.47. The second-order valence-corrected chi connectivity index (χ2v) is 7.64. The normalized spacial score (nSPS) is 28.5. The number of tetrazole rings is 1. The van der Waals surface area contributed by atoms with Crippen molar-refractivity contribution < 1.29 is 9.53 Å². The van der Waals surface area contributed by atoms with Crippen LogP contribution in [0.1, 0.15) is 46.1 Å². The molecule has 2 bridgehead atoms.